The Morgan fingerprint density at radius 3 is 2.56 bits per heavy atom. The molecule has 0 spiro atoms. The molecule has 1 atom stereocenters. The summed E-state index contributed by atoms with van der Waals surface area (Å²) < 4.78 is 0. The van der Waals surface area contributed by atoms with Crippen LogP contribution in [0.25, 0.3) is 0 Å². The van der Waals surface area contributed by atoms with Crippen molar-refractivity contribution in [1.82, 2.24) is 10.2 Å². The summed E-state index contributed by atoms with van der Waals surface area (Å²) in [4.78, 5) is 26.7. The minimum absolute atomic E-state index is 0.124. The van der Waals surface area contributed by atoms with E-state index in [1.165, 1.54) is 11.8 Å². The maximum Gasteiger partial charge on any atom is 0.319 e. The Morgan fingerprint density at radius 1 is 1.20 bits per heavy atom. The monoisotopic (exact) mass is 360 g/mol. The van der Waals surface area contributed by atoms with Crippen LogP contribution in [0.5, 0.6) is 0 Å². The highest BCUT2D eigenvalue weighted by Crippen LogP contribution is 2.23. The van der Waals surface area contributed by atoms with Gasteiger partial charge in [-0.2, -0.15) is 0 Å². The van der Waals surface area contributed by atoms with Crippen molar-refractivity contribution in [2.24, 2.45) is 0 Å². The maximum atomic E-state index is 12.2. The number of thiophene rings is 1. The molecular weight excluding hydrogens is 336 g/mol. The smallest absolute Gasteiger partial charge is 0.319 e. The van der Waals surface area contributed by atoms with Gasteiger partial charge in [0, 0.05) is 29.7 Å². The van der Waals surface area contributed by atoms with Gasteiger partial charge >= 0.3 is 6.03 Å². The predicted molar refractivity (Wildman–Crippen MR) is 103 cm³/mol. The molecule has 0 fully saturated rings. The third kappa shape index (κ3) is 5.58. The highest BCUT2D eigenvalue weighted by atomic mass is 32.1. The van der Waals surface area contributed by atoms with Gasteiger partial charge in [-0.05, 0) is 50.2 Å². The minimum atomic E-state index is -0.277. The fourth-order valence-electron chi connectivity index (χ4n) is 2.41. The van der Waals surface area contributed by atoms with E-state index in [4.69, 9.17) is 0 Å². The van der Waals surface area contributed by atoms with Crippen LogP contribution in [0.2, 0.25) is 0 Å². The largest absolute Gasteiger partial charge is 0.336 e. The summed E-state index contributed by atoms with van der Waals surface area (Å²) >= 11 is 1.67. The summed E-state index contributed by atoms with van der Waals surface area (Å²) in [5.74, 6) is -0.144. The Kier molecular flexibility index (Phi) is 6.55. The molecular formula is C18H24N4O2S. The Morgan fingerprint density at radius 2 is 1.96 bits per heavy atom. The second-order valence-corrected chi connectivity index (χ2v) is 7.02. The normalized spacial score (nSPS) is 11.9. The number of hydrogen-bond acceptors (Lipinski definition) is 4. The molecule has 1 aromatic carbocycles. The number of aryl methyl sites for hydroxylation is 1. The Balaban J connectivity index is 1.97. The summed E-state index contributed by atoms with van der Waals surface area (Å²) in [5.41, 5.74) is 2.26. The molecule has 2 rings (SSSR count). The second kappa shape index (κ2) is 8.64. The molecule has 134 valence electrons. The number of nitrogens with one attached hydrogen (secondary N) is 3. The topological polar surface area (TPSA) is 73.5 Å². The highest BCUT2D eigenvalue weighted by molar-refractivity contribution is 7.10. The van der Waals surface area contributed by atoms with Crippen LogP contribution >= 0.6 is 11.3 Å². The summed E-state index contributed by atoms with van der Waals surface area (Å²) in [6.07, 6.45) is 0. The predicted octanol–water partition coefficient (Wildman–Crippen LogP) is 3.44. The molecule has 6 nitrogen and oxygen atoms in total. The molecule has 0 radical (unpaired) electrons. The molecule has 25 heavy (non-hydrogen) atoms. The van der Waals surface area contributed by atoms with Gasteiger partial charge in [0.1, 0.15) is 0 Å². The lowest BCUT2D eigenvalue weighted by Crippen LogP contribution is -2.36. The van der Waals surface area contributed by atoms with Crippen LogP contribution in [0.1, 0.15) is 23.4 Å². The van der Waals surface area contributed by atoms with Crippen LogP contribution in [0.4, 0.5) is 16.2 Å². The van der Waals surface area contributed by atoms with Crippen molar-refractivity contribution in [2.75, 3.05) is 31.3 Å². The van der Waals surface area contributed by atoms with Crippen molar-refractivity contribution in [1.29, 1.82) is 0 Å². The summed E-state index contributed by atoms with van der Waals surface area (Å²) in [6, 6.07) is 9.33. The lowest BCUT2D eigenvalue weighted by atomic mass is 10.2. The van der Waals surface area contributed by atoms with Gasteiger partial charge in [0.25, 0.3) is 0 Å². The first kappa shape index (κ1) is 19.0. The van der Waals surface area contributed by atoms with E-state index in [2.05, 4.69) is 26.9 Å². The first-order valence-corrected chi connectivity index (χ1v) is 8.87. The highest BCUT2D eigenvalue weighted by Gasteiger charge is 2.16. The average Bonchev–Trinajstić information content (AvgIpc) is 3.04. The number of carbonyl (C=O) groups excluding carboxylic acids is 2. The van der Waals surface area contributed by atoms with Crippen LogP contribution in [-0.4, -0.2) is 37.5 Å². The van der Waals surface area contributed by atoms with E-state index in [0.29, 0.717) is 17.9 Å². The minimum Gasteiger partial charge on any atom is -0.336 e. The summed E-state index contributed by atoms with van der Waals surface area (Å²) in [5, 5.41) is 10.5. The number of benzene rings is 1. The standard InChI is InChI=1S/C18H24N4O2S/c1-12-7-8-14(10-15(12)20-13(2)23)21-18(24)19-11-16(22(3)4)17-6-5-9-25-17/h5-10,16H,11H2,1-4H3,(H,20,23)(H2,19,21,24). The fraction of sp³-hybridized carbons (Fsp3) is 0.333. The van der Waals surface area contributed by atoms with Crippen molar-refractivity contribution in [3.63, 3.8) is 0 Å². The molecule has 0 aliphatic rings. The van der Waals surface area contributed by atoms with Gasteiger partial charge in [0.2, 0.25) is 5.91 Å². The number of carbonyl (C=O) groups is 2. The Bertz CT molecular complexity index is 729. The van der Waals surface area contributed by atoms with Gasteiger partial charge in [-0.15, -0.1) is 11.3 Å². The lowest BCUT2D eigenvalue weighted by molar-refractivity contribution is -0.114. The SMILES string of the molecule is CC(=O)Nc1cc(NC(=O)NCC(c2cccs2)N(C)C)ccc1C. The van der Waals surface area contributed by atoms with Crippen molar-refractivity contribution >= 4 is 34.6 Å². The molecule has 2 aromatic rings. The maximum absolute atomic E-state index is 12.2. The molecule has 3 N–H and O–H groups in total. The number of anilines is 2. The lowest BCUT2D eigenvalue weighted by Gasteiger charge is -2.23. The first-order chi connectivity index (χ1) is 11.9. The van der Waals surface area contributed by atoms with E-state index < -0.39 is 0 Å². The first-order valence-electron chi connectivity index (χ1n) is 7.99. The number of amides is 3. The number of rotatable bonds is 6. The van der Waals surface area contributed by atoms with Crippen LogP contribution < -0.4 is 16.0 Å². The van der Waals surface area contributed by atoms with Crippen LogP contribution in [0.15, 0.2) is 35.7 Å². The van der Waals surface area contributed by atoms with Gasteiger partial charge in [-0.3, -0.25) is 4.79 Å². The zero-order valence-electron chi connectivity index (χ0n) is 14.9. The van der Waals surface area contributed by atoms with E-state index in [0.717, 1.165) is 5.56 Å². The number of likely N-dealkylation sites (N-methyl/N-ethyl adjacent to an activating group) is 1. The van der Waals surface area contributed by atoms with Crippen LogP contribution in [-0.2, 0) is 4.79 Å². The molecule has 0 saturated heterocycles. The summed E-state index contributed by atoms with van der Waals surface area (Å²) in [6.45, 7) is 3.86. The number of nitrogens with zero attached hydrogens (tertiary/aromatic N) is 1. The third-order valence-electron chi connectivity index (χ3n) is 3.76. The Hall–Kier alpha value is -2.38. The van der Waals surface area contributed by atoms with E-state index >= 15 is 0 Å². The molecule has 1 unspecified atom stereocenters. The van der Waals surface area contributed by atoms with E-state index in [-0.39, 0.29) is 18.0 Å². The summed E-state index contributed by atoms with van der Waals surface area (Å²) in [7, 11) is 3.98. The fourth-order valence-corrected chi connectivity index (χ4v) is 3.33. The van der Waals surface area contributed by atoms with E-state index in [1.807, 2.05) is 44.6 Å². The molecule has 1 heterocycles. The second-order valence-electron chi connectivity index (χ2n) is 6.04. The van der Waals surface area contributed by atoms with Crippen LogP contribution in [0.3, 0.4) is 0 Å². The van der Waals surface area contributed by atoms with Gasteiger partial charge in [-0.25, -0.2) is 4.79 Å². The molecule has 0 aliphatic carbocycles. The van der Waals surface area contributed by atoms with E-state index in [9.17, 15) is 9.59 Å². The molecule has 0 aliphatic heterocycles. The zero-order chi connectivity index (χ0) is 18.4. The van der Waals surface area contributed by atoms with Crippen LogP contribution in [0, 0.1) is 6.92 Å². The van der Waals surface area contributed by atoms with E-state index in [1.54, 1.807) is 17.4 Å². The molecule has 1 aromatic heterocycles. The zero-order valence-corrected chi connectivity index (χ0v) is 15.7. The van der Waals surface area contributed by atoms with Gasteiger partial charge in [0.05, 0.1) is 6.04 Å². The van der Waals surface area contributed by atoms with Gasteiger partial charge in [-0.1, -0.05) is 12.1 Å². The van der Waals surface area contributed by atoms with Crippen molar-refractivity contribution in [2.45, 2.75) is 19.9 Å². The Labute approximate surface area is 152 Å². The molecule has 0 saturated carbocycles. The average molecular weight is 360 g/mol. The third-order valence-corrected chi connectivity index (χ3v) is 4.73. The number of hydrogen-bond donors (Lipinski definition) is 3. The quantitative estimate of drug-likeness (QED) is 0.739. The van der Waals surface area contributed by atoms with Crippen molar-refractivity contribution in [3.8, 4) is 0 Å². The van der Waals surface area contributed by atoms with Crippen molar-refractivity contribution < 1.29 is 9.59 Å². The molecule has 0 bridgehead atoms. The van der Waals surface area contributed by atoms with Crippen molar-refractivity contribution in [3.05, 3.63) is 46.2 Å². The number of urea groups is 1. The molecule has 7 heteroatoms. The van der Waals surface area contributed by atoms with Gasteiger partial charge in [0.15, 0.2) is 0 Å². The molecule has 3 amide bonds. The van der Waals surface area contributed by atoms with Gasteiger partial charge < -0.3 is 20.9 Å².